The van der Waals surface area contributed by atoms with E-state index in [9.17, 15) is 14.0 Å². The molecule has 0 saturated carbocycles. The first-order valence-corrected chi connectivity index (χ1v) is 11.0. The highest BCUT2D eigenvalue weighted by Gasteiger charge is 2.30. The molecule has 0 unspecified atom stereocenters. The number of nitrogen functional groups attached to an aromatic ring is 1. The molecule has 10 heteroatoms. The van der Waals surface area contributed by atoms with Crippen LogP contribution in [-0.4, -0.2) is 37.9 Å². The number of likely N-dealkylation sites (tertiary alicyclic amines) is 1. The van der Waals surface area contributed by atoms with E-state index in [4.69, 9.17) is 16.6 Å². The van der Waals surface area contributed by atoms with Crippen LogP contribution in [0.1, 0.15) is 58.9 Å². The zero-order valence-corrected chi connectivity index (χ0v) is 18.7. The van der Waals surface area contributed by atoms with Gasteiger partial charge in [0.05, 0.1) is 6.04 Å². The van der Waals surface area contributed by atoms with E-state index in [1.165, 1.54) is 16.9 Å². The Kier molecular flexibility index (Phi) is 6.58. The Labute approximate surface area is 196 Å². The summed E-state index contributed by atoms with van der Waals surface area (Å²) in [6.45, 7) is 2.82. The van der Waals surface area contributed by atoms with Crippen molar-refractivity contribution >= 4 is 17.6 Å². The average molecular weight is 464 g/mol. The molecule has 3 heterocycles. The molecule has 1 aliphatic heterocycles. The highest BCUT2D eigenvalue weighted by Crippen LogP contribution is 2.33. The SMILES string of the molecule is CC=CN1CCCC[C@H]1c1nc(-c2ccc(C(=O)Nc3cc(F)ccn3)cc2)c(C(N)=O)n1N. The van der Waals surface area contributed by atoms with Crippen molar-refractivity contribution < 1.29 is 14.0 Å². The van der Waals surface area contributed by atoms with E-state index in [1.807, 2.05) is 19.2 Å². The summed E-state index contributed by atoms with van der Waals surface area (Å²) >= 11 is 0. The fourth-order valence-electron chi connectivity index (χ4n) is 4.16. The van der Waals surface area contributed by atoms with Crippen molar-refractivity contribution in [1.29, 1.82) is 0 Å². The van der Waals surface area contributed by atoms with E-state index in [0.29, 0.717) is 22.6 Å². The number of carbonyl (C=O) groups excluding carboxylic acids is 2. The molecule has 1 fully saturated rings. The van der Waals surface area contributed by atoms with Crippen LogP contribution in [0.15, 0.2) is 54.9 Å². The quantitative estimate of drug-likeness (QED) is 0.481. The smallest absolute Gasteiger partial charge is 0.269 e. The van der Waals surface area contributed by atoms with Crippen LogP contribution in [-0.2, 0) is 0 Å². The zero-order chi connectivity index (χ0) is 24.2. The van der Waals surface area contributed by atoms with Crippen molar-refractivity contribution in [2.75, 3.05) is 17.7 Å². The molecule has 5 N–H and O–H groups in total. The molecule has 1 aliphatic rings. The fourth-order valence-corrected chi connectivity index (χ4v) is 4.16. The fraction of sp³-hybridized carbons (Fsp3) is 0.250. The van der Waals surface area contributed by atoms with Gasteiger partial charge in [0.1, 0.15) is 17.3 Å². The lowest BCUT2D eigenvalue weighted by Gasteiger charge is -2.34. The molecule has 0 radical (unpaired) electrons. The van der Waals surface area contributed by atoms with Crippen molar-refractivity contribution in [3.63, 3.8) is 0 Å². The van der Waals surface area contributed by atoms with Crippen LogP contribution < -0.4 is 16.9 Å². The maximum atomic E-state index is 13.3. The third kappa shape index (κ3) is 4.61. The van der Waals surface area contributed by atoms with Gasteiger partial charge in [0, 0.05) is 29.9 Å². The van der Waals surface area contributed by atoms with E-state index in [1.54, 1.807) is 24.3 Å². The Morgan fingerprint density at radius 1 is 1.21 bits per heavy atom. The minimum Gasteiger partial charge on any atom is -0.368 e. The van der Waals surface area contributed by atoms with E-state index in [-0.39, 0.29) is 17.6 Å². The molecule has 1 aromatic carbocycles. The Morgan fingerprint density at radius 2 is 1.97 bits per heavy atom. The summed E-state index contributed by atoms with van der Waals surface area (Å²) in [7, 11) is 0. The van der Waals surface area contributed by atoms with Crippen LogP contribution >= 0.6 is 0 Å². The molecule has 0 spiro atoms. The van der Waals surface area contributed by atoms with Crippen LogP contribution in [0, 0.1) is 5.82 Å². The van der Waals surface area contributed by atoms with Crippen LogP contribution in [0.2, 0.25) is 0 Å². The van der Waals surface area contributed by atoms with Crippen LogP contribution in [0.25, 0.3) is 11.3 Å². The first kappa shape index (κ1) is 23.0. The molecule has 1 atom stereocenters. The summed E-state index contributed by atoms with van der Waals surface area (Å²) < 4.78 is 14.6. The van der Waals surface area contributed by atoms with E-state index >= 15 is 0 Å². The molecule has 2 aromatic heterocycles. The highest BCUT2D eigenvalue weighted by atomic mass is 19.1. The molecular weight excluding hydrogens is 437 g/mol. The predicted molar refractivity (Wildman–Crippen MR) is 127 cm³/mol. The third-order valence-electron chi connectivity index (χ3n) is 5.74. The van der Waals surface area contributed by atoms with E-state index < -0.39 is 17.6 Å². The lowest BCUT2D eigenvalue weighted by Crippen LogP contribution is -2.33. The van der Waals surface area contributed by atoms with Crippen molar-refractivity contribution in [3.8, 4) is 11.3 Å². The van der Waals surface area contributed by atoms with Gasteiger partial charge >= 0.3 is 0 Å². The normalized spacial score (nSPS) is 16.1. The van der Waals surface area contributed by atoms with Gasteiger partial charge in [-0.2, -0.15) is 0 Å². The van der Waals surface area contributed by atoms with Crippen molar-refractivity contribution in [1.82, 2.24) is 19.5 Å². The van der Waals surface area contributed by atoms with Gasteiger partial charge in [-0.05, 0) is 50.6 Å². The lowest BCUT2D eigenvalue weighted by atomic mass is 10.0. The van der Waals surface area contributed by atoms with Gasteiger partial charge in [-0.3, -0.25) is 9.59 Å². The Morgan fingerprint density at radius 3 is 2.65 bits per heavy atom. The number of amides is 2. The van der Waals surface area contributed by atoms with Crippen LogP contribution in [0.3, 0.4) is 0 Å². The van der Waals surface area contributed by atoms with Crippen LogP contribution in [0.4, 0.5) is 10.2 Å². The molecule has 1 saturated heterocycles. The molecule has 4 rings (SSSR count). The number of imidazole rings is 1. The molecule has 0 bridgehead atoms. The molecule has 0 aliphatic carbocycles. The van der Waals surface area contributed by atoms with Gasteiger partial charge in [-0.25, -0.2) is 19.0 Å². The van der Waals surface area contributed by atoms with E-state index in [2.05, 4.69) is 15.2 Å². The maximum Gasteiger partial charge on any atom is 0.269 e. The van der Waals surface area contributed by atoms with Gasteiger partial charge in [-0.1, -0.05) is 18.2 Å². The summed E-state index contributed by atoms with van der Waals surface area (Å²) in [5.74, 6) is 5.33. The summed E-state index contributed by atoms with van der Waals surface area (Å²) in [4.78, 5) is 35.6. The van der Waals surface area contributed by atoms with Gasteiger partial charge < -0.3 is 21.8 Å². The number of benzene rings is 1. The number of hydrogen-bond donors (Lipinski definition) is 3. The number of nitrogens with one attached hydrogen (secondary N) is 1. The molecule has 34 heavy (non-hydrogen) atoms. The van der Waals surface area contributed by atoms with Gasteiger partial charge in [-0.15, -0.1) is 0 Å². The number of halogens is 1. The zero-order valence-electron chi connectivity index (χ0n) is 18.7. The predicted octanol–water partition coefficient (Wildman–Crippen LogP) is 3.21. The summed E-state index contributed by atoms with van der Waals surface area (Å²) in [5, 5.41) is 2.55. The molecule has 3 aromatic rings. The first-order valence-electron chi connectivity index (χ1n) is 11.0. The Bertz CT molecular complexity index is 1240. The largest absolute Gasteiger partial charge is 0.368 e. The number of carbonyl (C=O) groups is 2. The number of aromatic nitrogens is 3. The number of hydrogen-bond acceptors (Lipinski definition) is 6. The van der Waals surface area contributed by atoms with Crippen molar-refractivity contribution in [2.45, 2.75) is 32.2 Å². The third-order valence-corrected chi connectivity index (χ3v) is 5.74. The number of nitrogens with zero attached hydrogens (tertiary/aromatic N) is 4. The number of pyridine rings is 1. The monoisotopic (exact) mass is 463 g/mol. The van der Waals surface area contributed by atoms with Gasteiger partial charge in [0.15, 0.2) is 11.5 Å². The van der Waals surface area contributed by atoms with Crippen LogP contribution in [0.5, 0.6) is 0 Å². The number of allylic oxidation sites excluding steroid dienone is 1. The first-order chi connectivity index (χ1) is 16.4. The van der Waals surface area contributed by atoms with Gasteiger partial charge in [0.2, 0.25) is 0 Å². The number of piperidine rings is 1. The Balaban J connectivity index is 1.64. The summed E-state index contributed by atoms with van der Waals surface area (Å²) in [6, 6.07) is 8.73. The van der Waals surface area contributed by atoms with Gasteiger partial charge in [0.25, 0.3) is 11.8 Å². The number of anilines is 1. The second-order valence-corrected chi connectivity index (χ2v) is 8.02. The standard InChI is InChI=1S/C24H26FN7O2/c1-2-12-31-13-4-3-5-18(31)23-30-20(21(22(26)33)32(23)27)15-6-8-16(9-7-15)24(34)29-19-14-17(25)10-11-28-19/h2,6-12,14,18H,3-5,13,27H2,1H3,(H2,26,33)(H,28,29,34)/t18-/m0/s1. The topological polar surface area (TPSA) is 132 Å². The maximum absolute atomic E-state index is 13.3. The summed E-state index contributed by atoms with van der Waals surface area (Å²) in [5.41, 5.74) is 7.03. The second kappa shape index (κ2) is 9.74. The number of rotatable bonds is 6. The molecule has 2 amide bonds. The number of nitrogens with two attached hydrogens (primary N) is 2. The summed E-state index contributed by atoms with van der Waals surface area (Å²) in [6.07, 6.45) is 8.17. The lowest BCUT2D eigenvalue weighted by molar-refractivity contribution is 0.0990. The minimum absolute atomic E-state index is 0.0781. The molecule has 176 valence electrons. The molecular formula is C24H26FN7O2. The van der Waals surface area contributed by atoms with E-state index in [0.717, 1.165) is 31.9 Å². The van der Waals surface area contributed by atoms with Crippen molar-refractivity contribution in [3.05, 3.63) is 77.8 Å². The minimum atomic E-state index is -0.691. The number of primary amides is 1. The molecule has 9 nitrogen and oxygen atoms in total. The average Bonchev–Trinajstić information content (AvgIpc) is 3.17. The highest BCUT2D eigenvalue weighted by molar-refractivity contribution is 6.04. The van der Waals surface area contributed by atoms with Crippen molar-refractivity contribution in [2.24, 2.45) is 5.73 Å². The second-order valence-electron chi connectivity index (χ2n) is 8.02. The Hall–Kier alpha value is -4.21.